The van der Waals surface area contributed by atoms with Gasteiger partial charge in [-0.2, -0.15) is 0 Å². The van der Waals surface area contributed by atoms with Crippen LogP contribution >= 0.6 is 0 Å². The molecule has 0 spiro atoms. The van der Waals surface area contributed by atoms with Gasteiger partial charge in [0.05, 0.1) is 0 Å². The minimum atomic E-state index is -3.63. The summed E-state index contributed by atoms with van der Waals surface area (Å²) in [5.74, 6) is 0. The van der Waals surface area contributed by atoms with Crippen molar-refractivity contribution < 1.29 is 115 Å². The van der Waals surface area contributed by atoms with Gasteiger partial charge in [0.15, 0.2) is 0 Å². The predicted molar refractivity (Wildman–Crippen MR) is 62.4 cm³/mol. The van der Waals surface area contributed by atoms with Gasteiger partial charge < -0.3 is 81.2 Å². The summed E-state index contributed by atoms with van der Waals surface area (Å²) >= 11 is 0. The Morgan fingerprint density at radius 2 is 0.357 bits per heavy atom. The molecule has 0 saturated heterocycles. The molecule has 0 aliphatic carbocycles. The summed E-state index contributed by atoms with van der Waals surface area (Å²) in [7, 11) is -18.1. The summed E-state index contributed by atoms with van der Waals surface area (Å²) in [6.07, 6.45) is 0. The van der Waals surface area contributed by atoms with E-state index in [-0.39, 0.29) is 126 Å². The van der Waals surface area contributed by atoms with E-state index >= 15 is 0 Å². The van der Waals surface area contributed by atoms with Crippen LogP contribution < -0.4 is 48.0 Å². The van der Waals surface area contributed by atoms with E-state index in [2.05, 4.69) is 0 Å². The monoisotopic (exact) mass is 630 g/mol. The molecule has 0 heterocycles. The van der Waals surface area contributed by atoms with Crippen LogP contribution in [0.4, 0.5) is 0 Å². The van der Waals surface area contributed by atoms with Gasteiger partial charge in [-0.1, -0.05) is 0 Å². The molecule has 0 aromatic heterocycles. The van der Waals surface area contributed by atoms with Gasteiger partial charge in [0.1, 0.15) is 0 Å². The van der Waals surface area contributed by atoms with Crippen LogP contribution in [0.2, 0.25) is 0 Å². The second-order valence-electron chi connectivity index (χ2n) is 1.25. The molecule has 8 radical (unpaired) electrons. The first kappa shape index (κ1) is 87.8. The normalized spacial score (nSPS) is 4.29. The minimum Gasteiger partial charge on any atom is -0.672 e. The van der Waals surface area contributed by atoms with E-state index in [4.69, 9.17) is 70.3 Å². The number of hydrogen-bond donors (Lipinski definition) is 0. The van der Waals surface area contributed by atoms with Crippen molar-refractivity contribution >= 4 is 127 Å². The second-order valence-corrected chi connectivity index (χ2v) is 3.75. The first-order valence-electron chi connectivity index (χ1n) is 3.06. The Kier molecular flexibility index (Phi) is 248. The van der Waals surface area contributed by atoms with E-state index in [1.807, 2.05) is 0 Å². The fourth-order valence-electron chi connectivity index (χ4n) is 0. The molecule has 0 aliphatic heterocycles. The SMILES string of the molecule is O.O.O=[Si]([O-])[O-].O=[Si]([O-])[O-].O=[Si]([O-])[O-].O=[Si]([O-])[O-].O=[Si]([O-])[O-].[Al].[Al].[Fe+3].[Fe+3].[Mg+2].[Mg+2]. The topological polar surface area (TPSA) is 379 Å². The molecule has 0 atom stereocenters. The summed E-state index contributed by atoms with van der Waals surface area (Å²) in [5, 5.41) is 0. The Morgan fingerprint density at radius 1 is 0.357 bits per heavy atom. The van der Waals surface area contributed by atoms with Crippen LogP contribution in [0.15, 0.2) is 0 Å². The molecule has 0 aliphatic rings. The minimum absolute atomic E-state index is 0. The molecule has 0 aromatic carbocycles. The van der Waals surface area contributed by atoms with E-state index in [1.54, 1.807) is 0 Å². The molecule has 17 nitrogen and oxygen atoms in total. The van der Waals surface area contributed by atoms with Gasteiger partial charge in [-0.3, -0.25) is 0 Å². The summed E-state index contributed by atoms with van der Waals surface area (Å²) < 4.78 is 42.6. The molecule has 152 valence electrons. The fraction of sp³-hybridized carbons (Fsp3) is 0. The third kappa shape index (κ3) is 7290. The van der Waals surface area contributed by atoms with Crippen LogP contribution in [-0.4, -0.2) is 138 Å². The van der Waals surface area contributed by atoms with E-state index in [0.29, 0.717) is 0 Å². The van der Waals surface area contributed by atoms with Crippen LogP contribution in [0.3, 0.4) is 0 Å². The molecular formula is H4Al2Fe2Mg2O17Si5. The maximum Gasteiger partial charge on any atom is 3.00 e. The van der Waals surface area contributed by atoms with Gasteiger partial charge in [0.25, 0.3) is 0 Å². The van der Waals surface area contributed by atoms with Crippen molar-refractivity contribution in [2.24, 2.45) is 0 Å². The first-order chi connectivity index (χ1) is 8.66. The van der Waals surface area contributed by atoms with Crippen LogP contribution in [0, 0.1) is 0 Å². The predicted octanol–water partition coefficient (Wildman–Crippen LogP) is -17.6. The zero-order valence-corrected chi connectivity index (χ0v) is 25.2. The van der Waals surface area contributed by atoms with Gasteiger partial charge in [0.2, 0.25) is 0 Å². The Hall–Kier alpha value is 1.64. The van der Waals surface area contributed by atoms with Gasteiger partial charge >= 0.3 is 80.2 Å². The van der Waals surface area contributed by atoms with Gasteiger partial charge in [-0.15, -0.1) is 0 Å². The summed E-state index contributed by atoms with van der Waals surface area (Å²) in [4.78, 5) is 85.2. The molecule has 0 amide bonds. The van der Waals surface area contributed by atoms with Gasteiger partial charge in [0, 0.05) is 80.6 Å². The smallest absolute Gasteiger partial charge is 0.672 e. The molecular weight excluding hydrogens is 627 g/mol. The average molecular weight is 631 g/mol. The molecule has 0 aromatic rings. The zero-order chi connectivity index (χ0) is 17.9. The zero-order valence-electron chi connectivity index (χ0n) is 12.9. The Balaban J connectivity index is -0.00000000852. The molecule has 0 unspecified atom stereocenters. The van der Waals surface area contributed by atoms with Gasteiger partial charge in [-0.05, 0) is 0 Å². The maximum absolute atomic E-state index is 8.52. The van der Waals surface area contributed by atoms with Crippen LogP contribution in [0.1, 0.15) is 0 Å². The van der Waals surface area contributed by atoms with E-state index in [1.165, 1.54) is 0 Å². The molecule has 4 N–H and O–H groups in total. The van der Waals surface area contributed by atoms with E-state index in [0.717, 1.165) is 0 Å². The largest absolute Gasteiger partial charge is 3.00 e. The summed E-state index contributed by atoms with van der Waals surface area (Å²) in [5.41, 5.74) is 0. The molecule has 0 rings (SSSR count). The maximum atomic E-state index is 8.52. The van der Waals surface area contributed by atoms with Crippen LogP contribution in [0.5, 0.6) is 0 Å². The van der Waals surface area contributed by atoms with Crippen molar-refractivity contribution in [1.29, 1.82) is 0 Å². The summed E-state index contributed by atoms with van der Waals surface area (Å²) in [6, 6.07) is 0. The number of rotatable bonds is 0. The number of hydrogen-bond acceptors (Lipinski definition) is 15. The van der Waals surface area contributed by atoms with Crippen LogP contribution in [-0.2, 0) is 56.4 Å². The van der Waals surface area contributed by atoms with E-state index in [9.17, 15) is 0 Å². The molecule has 28 heteroatoms. The van der Waals surface area contributed by atoms with Crippen molar-refractivity contribution in [3.63, 3.8) is 0 Å². The van der Waals surface area contributed by atoms with Crippen molar-refractivity contribution in [3.05, 3.63) is 0 Å². The van der Waals surface area contributed by atoms with Gasteiger partial charge in [-0.25, -0.2) is 0 Å². The molecule has 0 saturated carbocycles. The fourth-order valence-corrected chi connectivity index (χ4v) is 0. The Bertz CT molecular complexity index is 232. The summed E-state index contributed by atoms with van der Waals surface area (Å²) in [6.45, 7) is 0. The Labute approximate surface area is 239 Å². The standard InChI is InChI=1S/2Al.2Fe.2Mg.5O3Si.2H2O/c;;;;;;5*1-4(2)3;;/h;;;;;;;;;;;2*1H2/q;;2*+3;2*+2;5*-2;;. The second kappa shape index (κ2) is 79.0. The third-order valence-corrected chi connectivity index (χ3v) is 0. The third-order valence-electron chi connectivity index (χ3n) is 0. The van der Waals surface area contributed by atoms with Crippen molar-refractivity contribution in [2.75, 3.05) is 0 Å². The van der Waals surface area contributed by atoms with E-state index < -0.39 is 45.9 Å². The quantitative estimate of drug-likeness (QED) is 0.224. The van der Waals surface area contributed by atoms with Crippen molar-refractivity contribution in [1.82, 2.24) is 0 Å². The van der Waals surface area contributed by atoms with Crippen LogP contribution in [0.25, 0.3) is 0 Å². The molecule has 0 bridgehead atoms. The van der Waals surface area contributed by atoms with Crippen molar-refractivity contribution in [3.8, 4) is 0 Å². The first-order valence-corrected chi connectivity index (χ1v) is 9.19. The molecule has 28 heavy (non-hydrogen) atoms. The van der Waals surface area contributed by atoms with Crippen molar-refractivity contribution in [2.45, 2.75) is 0 Å². The molecule has 0 fully saturated rings. The average Bonchev–Trinajstić information content (AvgIpc) is 1.94. The Morgan fingerprint density at radius 3 is 0.357 bits per heavy atom.